The quantitative estimate of drug-likeness (QED) is 0.476. The molecule has 0 aromatic rings. The van der Waals surface area contributed by atoms with Gasteiger partial charge in [0.15, 0.2) is 0 Å². The van der Waals surface area contributed by atoms with Gasteiger partial charge in [-0.2, -0.15) is 0 Å². The summed E-state index contributed by atoms with van der Waals surface area (Å²) in [7, 11) is 0. The lowest BCUT2D eigenvalue weighted by molar-refractivity contribution is -0.149. The first-order valence-electron chi connectivity index (χ1n) is 2.40. The van der Waals surface area contributed by atoms with Crippen molar-refractivity contribution in [3.8, 4) is 0 Å². The molecular weight excluding hydrogens is 104 g/mol. The Morgan fingerprint density at radius 1 is 1.62 bits per heavy atom. The minimum Gasteiger partial charge on any atom is -0.460 e. The first-order valence-corrected chi connectivity index (χ1v) is 2.40. The fourth-order valence-electron chi connectivity index (χ4n) is 0.370. The highest BCUT2D eigenvalue weighted by Crippen LogP contribution is 2.04. The predicted octanol–water partition coefficient (Wildman–Crippen LogP) is 1.04. The summed E-state index contributed by atoms with van der Waals surface area (Å²) in [6, 6.07) is 0. The van der Waals surface area contributed by atoms with Gasteiger partial charge in [-0.25, -0.2) is 0 Å². The van der Waals surface area contributed by atoms with E-state index in [1.807, 2.05) is 0 Å². The van der Waals surface area contributed by atoms with Crippen LogP contribution in [0.4, 0.5) is 0 Å². The molecule has 0 aromatic heterocycles. The van der Waals surface area contributed by atoms with Crippen LogP contribution in [0.25, 0.3) is 0 Å². The highest BCUT2D eigenvalue weighted by Gasteiger charge is 2.12. The van der Waals surface area contributed by atoms with Crippen LogP contribution in [0.3, 0.4) is 0 Å². The van der Waals surface area contributed by atoms with Crippen molar-refractivity contribution in [2.75, 3.05) is 0 Å². The summed E-state index contributed by atoms with van der Waals surface area (Å²) in [4.78, 5) is 10.2. The number of rotatable bonds is 1. The molecule has 0 amide bonds. The Labute approximate surface area is 49.8 Å². The summed E-state index contributed by atoms with van der Waals surface area (Å²) in [5, 5.41) is 0. The molecule has 2 radical (unpaired) electrons. The van der Waals surface area contributed by atoms with Crippen molar-refractivity contribution in [1.82, 2.24) is 0 Å². The van der Waals surface area contributed by atoms with Crippen LogP contribution in [0.2, 0.25) is 0 Å². The molecular formula is C6H10O2. The normalized spacial score (nSPS) is 11.0. The number of hydrogen-bond acceptors (Lipinski definition) is 2. The third kappa shape index (κ3) is 5.47. The second-order valence-electron chi connectivity index (χ2n) is 2.20. The highest BCUT2D eigenvalue weighted by atomic mass is 16.6. The maximum absolute atomic E-state index is 10.2. The van der Waals surface area contributed by atoms with Crippen molar-refractivity contribution in [3.05, 3.63) is 6.92 Å². The van der Waals surface area contributed by atoms with E-state index < -0.39 is 5.60 Å². The van der Waals surface area contributed by atoms with Gasteiger partial charge in [0, 0.05) is 13.8 Å². The van der Waals surface area contributed by atoms with Gasteiger partial charge in [-0.3, -0.25) is 4.79 Å². The zero-order chi connectivity index (χ0) is 6.78. The van der Waals surface area contributed by atoms with Gasteiger partial charge in [0.05, 0.1) is 0 Å². The molecule has 0 rings (SSSR count). The molecule has 0 heterocycles. The topological polar surface area (TPSA) is 26.3 Å². The van der Waals surface area contributed by atoms with Gasteiger partial charge in [0.1, 0.15) is 5.60 Å². The molecule has 0 bridgehead atoms. The van der Waals surface area contributed by atoms with Crippen LogP contribution in [-0.2, 0) is 9.53 Å². The smallest absolute Gasteiger partial charge is 0.303 e. The van der Waals surface area contributed by atoms with Gasteiger partial charge in [0.2, 0.25) is 0 Å². The van der Waals surface area contributed by atoms with Crippen molar-refractivity contribution in [2.45, 2.75) is 26.4 Å². The molecule has 2 nitrogen and oxygen atoms in total. The third-order valence-electron chi connectivity index (χ3n) is 0.407. The molecule has 0 atom stereocenters. The van der Waals surface area contributed by atoms with Crippen molar-refractivity contribution in [1.29, 1.82) is 0 Å². The van der Waals surface area contributed by atoms with Crippen molar-refractivity contribution in [3.63, 3.8) is 0 Å². The Hall–Kier alpha value is -0.530. The average molecular weight is 114 g/mol. The summed E-state index contributed by atoms with van der Waals surface area (Å²) in [5.41, 5.74) is -0.828. The Balaban J connectivity index is 3.55. The van der Waals surface area contributed by atoms with Gasteiger partial charge in [-0.1, -0.05) is 0 Å². The number of esters is 1. The van der Waals surface area contributed by atoms with Crippen molar-refractivity contribution < 1.29 is 9.53 Å². The first-order chi connectivity index (χ1) is 3.42. The van der Waals surface area contributed by atoms with Crippen LogP contribution in [0.15, 0.2) is 0 Å². The van der Waals surface area contributed by atoms with Crippen LogP contribution in [0.5, 0.6) is 0 Å². The molecule has 0 unspecified atom stereocenters. The Morgan fingerprint density at radius 3 is 2.00 bits per heavy atom. The maximum atomic E-state index is 10.2. The van der Waals surface area contributed by atoms with Crippen molar-refractivity contribution in [2.24, 2.45) is 0 Å². The molecule has 0 aliphatic rings. The largest absolute Gasteiger partial charge is 0.460 e. The second-order valence-corrected chi connectivity index (χ2v) is 2.20. The van der Waals surface area contributed by atoms with E-state index in [1.54, 1.807) is 13.8 Å². The molecule has 0 spiro atoms. The summed E-state index contributed by atoms with van der Waals surface area (Å²) < 4.78 is 4.58. The predicted molar refractivity (Wildman–Crippen MR) is 30.1 cm³/mol. The lowest BCUT2D eigenvalue weighted by atomic mass is 10.2. The monoisotopic (exact) mass is 114 g/mol. The van der Waals surface area contributed by atoms with E-state index in [9.17, 15) is 4.79 Å². The maximum Gasteiger partial charge on any atom is 0.303 e. The van der Waals surface area contributed by atoms with Crippen LogP contribution in [0, 0.1) is 6.92 Å². The SMILES string of the molecule is [CH]C(C)(C)OC(C)=O. The summed E-state index contributed by atoms with van der Waals surface area (Å²) in [5.74, 6) is -0.350. The van der Waals surface area contributed by atoms with E-state index in [1.165, 1.54) is 6.92 Å². The summed E-state index contributed by atoms with van der Waals surface area (Å²) in [6.07, 6.45) is 0. The molecule has 0 aliphatic heterocycles. The number of carbonyl (C=O) groups excluding carboxylic acids is 1. The summed E-state index contributed by atoms with van der Waals surface area (Å²) in [6.45, 7) is 9.86. The molecule has 46 valence electrons. The first kappa shape index (κ1) is 7.47. The minimum absolute atomic E-state index is 0.350. The van der Waals surface area contributed by atoms with Crippen LogP contribution in [-0.4, -0.2) is 11.6 Å². The second kappa shape index (κ2) is 2.16. The lowest BCUT2D eigenvalue weighted by Gasteiger charge is -2.16. The van der Waals surface area contributed by atoms with E-state index in [4.69, 9.17) is 6.92 Å². The molecule has 0 aromatic carbocycles. The Bertz CT molecular complexity index is 89.2. The molecule has 8 heavy (non-hydrogen) atoms. The Kier molecular flexibility index (Phi) is 2.02. The molecule has 2 heteroatoms. The van der Waals surface area contributed by atoms with E-state index in [2.05, 4.69) is 4.74 Å². The van der Waals surface area contributed by atoms with Gasteiger partial charge in [-0.05, 0) is 13.8 Å². The van der Waals surface area contributed by atoms with Gasteiger partial charge >= 0.3 is 5.97 Å². The van der Waals surface area contributed by atoms with E-state index >= 15 is 0 Å². The molecule has 0 saturated carbocycles. The Morgan fingerprint density at radius 2 is 2.00 bits per heavy atom. The molecule has 0 aliphatic carbocycles. The van der Waals surface area contributed by atoms with Crippen LogP contribution in [0.1, 0.15) is 20.8 Å². The number of carbonyl (C=O) groups is 1. The summed E-state index contributed by atoms with van der Waals surface area (Å²) >= 11 is 0. The zero-order valence-electron chi connectivity index (χ0n) is 5.39. The average Bonchev–Trinajstić information content (AvgIpc) is 1.21. The van der Waals surface area contributed by atoms with Gasteiger partial charge in [-0.15, -0.1) is 0 Å². The fourth-order valence-corrected chi connectivity index (χ4v) is 0.370. The standard InChI is InChI=1S/C6H10O2/c1-5(7)8-6(2,3)4/h2H,1,3-4H3. The molecule has 0 N–H and O–H groups in total. The fraction of sp³-hybridized carbons (Fsp3) is 0.667. The van der Waals surface area contributed by atoms with E-state index in [0.717, 1.165) is 0 Å². The van der Waals surface area contributed by atoms with Gasteiger partial charge in [0.25, 0.3) is 0 Å². The van der Waals surface area contributed by atoms with Gasteiger partial charge < -0.3 is 4.74 Å². The number of ether oxygens (including phenoxy) is 1. The third-order valence-corrected chi connectivity index (χ3v) is 0.407. The highest BCUT2D eigenvalue weighted by molar-refractivity contribution is 5.66. The van der Waals surface area contributed by atoms with Crippen LogP contribution < -0.4 is 0 Å². The zero-order valence-corrected chi connectivity index (χ0v) is 5.39. The number of hydrogen-bond donors (Lipinski definition) is 0. The van der Waals surface area contributed by atoms with E-state index in [0.29, 0.717) is 0 Å². The molecule has 0 fully saturated rings. The van der Waals surface area contributed by atoms with Crippen molar-refractivity contribution >= 4 is 5.97 Å². The van der Waals surface area contributed by atoms with E-state index in [-0.39, 0.29) is 5.97 Å². The van der Waals surface area contributed by atoms with Crippen LogP contribution >= 0.6 is 0 Å². The molecule has 0 saturated heterocycles. The minimum atomic E-state index is -0.828. The lowest BCUT2D eigenvalue weighted by Crippen LogP contribution is -2.22.